The molecule has 6 rings (SSSR count). The molecule has 2 aliphatic rings. The van der Waals surface area contributed by atoms with Gasteiger partial charge in [-0.1, -0.05) is 18.6 Å². The summed E-state index contributed by atoms with van der Waals surface area (Å²) >= 11 is 0. The second kappa shape index (κ2) is 9.47. The molecule has 4 aromatic rings. The number of pyridine rings is 2. The first kappa shape index (κ1) is 22.3. The number of H-pyrrole nitrogens is 1. The van der Waals surface area contributed by atoms with Crippen LogP contribution in [0.15, 0.2) is 53.7 Å². The maximum absolute atomic E-state index is 13.3. The van der Waals surface area contributed by atoms with E-state index in [0.29, 0.717) is 11.9 Å². The molecule has 1 aliphatic carbocycles. The van der Waals surface area contributed by atoms with Crippen LogP contribution in [0.5, 0.6) is 0 Å². The van der Waals surface area contributed by atoms with Gasteiger partial charge in [-0.15, -0.1) is 0 Å². The van der Waals surface area contributed by atoms with Crippen molar-refractivity contribution in [3.8, 4) is 0 Å². The molecule has 3 N–H and O–H groups in total. The van der Waals surface area contributed by atoms with E-state index in [-0.39, 0.29) is 11.7 Å². The second-order valence-corrected chi connectivity index (χ2v) is 10.2. The predicted octanol–water partition coefficient (Wildman–Crippen LogP) is 3.78. The van der Waals surface area contributed by atoms with E-state index in [1.54, 1.807) is 10.8 Å². The van der Waals surface area contributed by atoms with Gasteiger partial charge in [0.2, 0.25) is 0 Å². The Morgan fingerprint density at radius 1 is 1.06 bits per heavy atom. The minimum atomic E-state index is -0.233. The lowest BCUT2D eigenvalue weighted by Crippen LogP contribution is -2.36. The van der Waals surface area contributed by atoms with Crippen LogP contribution >= 0.6 is 0 Å². The Morgan fingerprint density at radius 2 is 1.91 bits per heavy atom. The summed E-state index contributed by atoms with van der Waals surface area (Å²) in [6.45, 7) is 4.02. The Bertz CT molecular complexity index is 1400. The number of aromatic amines is 1. The zero-order valence-corrected chi connectivity index (χ0v) is 20.0. The molecular weight excluding hydrogens is 438 g/mol. The van der Waals surface area contributed by atoms with Gasteiger partial charge >= 0.3 is 0 Å². The first-order chi connectivity index (χ1) is 17.1. The van der Waals surface area contributed by atoms with E-state index in [1.807, 2.05) is 18.5 Å². The zero-order valence-electron chi connectivity index (χ0n) is 20.0. The largest absolute Gasteiger partial charge is 0.393 e. The third-order valence-electron chi connectivity index (χ3n) is 7.75. The topological polar surface area (TPSA) is 86.2 Å². The van der Waals surface area contributed by atoms with E-state index in [4.69, 9.17) is 0 Å². The van der Waals surface area contributed by atoms with Crippen LogP contribution in [0.25, 0.3) is 21.7 Å². The van der Waals surface area contributed by atoms with Crippen LogP contribution in [0, 0.1) is 5.92 Å². The highest BCUT2D eigenvalue weighted by molar-refractivity contribution is 5.92. The number of anilines is 1. The number of hydrogen-bond acceptors (Lipinski definition) is 5. The summed E-state index contributed by atoms with van der Waals surface area (Å²) in [4.78, 5) is 23.5. The number of benzene rings is 1. The Labute approximate surface area is 204 Å². The van der Waals surface area contributed by atoms with Crippen molar-refractivity contribution in [1.29, 1.82) is 0 Å². The van der Waals surface area contributed by atoms with Crippen LogP contribution in [-0.2, 0) is 13.1 Å². The third kappa shape index (κ3) is 4.58. The van der Waals surface area contributed by atoms with Crippen molar-refractivity contribution in [2.24, 2.45) is 5.92 Å². The standard InChI is InChI=1S/C28H33N5O2/c34-23-6-9-32(10-7-23)27-17-30-16-25-24(27)8-11-33(28(25)35)18-20-4-5-21-13-22(31-26(21)12-20)15-29-14-19-2-1-3-19/h4-5,8,11-13,16-17,19,23,29,31,34H,1-3,6-7,9-10,14-15,18H2. The Kier molecular flexibility index (Phi) is 6.04. The number of nitrogens with zero attached hydrogens (tertiary/aromatic N) is 3. The van der Waals surface area contributed by atoms with Crippen LogP contribution in [-0.4, -0.2) is 45.4 Å². The summed E-state index contributed by atoms with van der Waals surface area (Å²) in [6.07, 6.45) is 10.7. The number of hydrogen-bond donors (Lipinski definition) is 3. The lowest BCUT2D eigenvalue weighted by Gasteiger charge is -2.32. The highest BCUT2D eigenvalue weighted by Gasteiger charge is 2.20. The van der Waals surface area contributed by atoms with Gasteiger partial charge < -0.3 is 24.9 Å². The van der Waals surface area contributed by atoms with Gasteiger partial charge in [-0.05, 0) is 67.3 Å². The summed E-state index contributed by atoms with van der Waals surface area (Å²) in [5.74, 6) is 0.852. The fraction of sp³-hybridized carbons (Fsp3) is 0.429. The van der Waals surface area contributed by atoms with Crippen LogP contribution in [0.2, 0.25) is 0 Å². The number of aromatic nitrogens is 3. The lowest BCUT2D eigenvalue weighted by atomic mass is 9.85. The van der Waals surface area contributed by atoms with E-state index in [1.165, 1.54) is 30.3 Å². The van der Waals surface area contributed by atoms with Crippen molar-refractivity contribution < 1.29 is 5.11 Å². The van der Waals surface area contributed by atoms with Crippen molar-refractivity contribution >= 4 is 27.4 Å². The second-order valence-electron chi connectivity index (χ2n) is 10.2. The van der Waals surface area contributed by atoms with Crippen LogP contribution < -0.4 is 15.8 Å². The minimum Gasteiger partial charge on any atom is -0.393 e. The normalized spacial score (nSPS) is 17.3. The first-order valence-corrected chi connectivity index (χ1v) is 12.9. The van der Waals surface area contributed by atoms with E-state index in [0.717, 1.165) is 67.1 Å². The molecule has 3 aromatic heterocycles. The molecule has 0 unspecified atom stereocenters. The number of aliphatic hydroxyl groups excluding tert-OH is 1. The van der Waals surface area contributed by atoms with E-state index in [9.17, 15) is 9.90 Å². The quantitative estimate of drug-likeness (QED) is 0.382. The minimum absolute atomic E-state index is 0.0265. The molecule has 1 aliphatic heterocycles. The van der Waals surface area contributed by atoms with Crippen molar-refractivity contribution in [2.45, 2.75) is 51.3 Å². The lowest BCUT2D eigenvalue weighted by molar-refractivity contribution is 0.145. The Morgan fingerprint density at radius 3 is 2.71 bits per heavy atom. The summed E-state index contributed by atoms with van der Waals surface area (Å²) in [7, 11) is 0. The molecule has 35 heavy (non-hydrogen) atoms. The summed E-state index contributed by atoms with van der Waals surface area (Å²) in [5.41, 5.74) is 4.34. The fourth-order valence-corrected chi connectivity index (χ4v) is 5.41. The fourth-order valence-electron chi connectivity index (χ4n) is 5.41. The third-order valence-corrected chi connectivity index (χ3v) is 7.75. The summed E-state index contributed by atoms with van der Waals surface area (Å²) in [5, 5.41) is 16.2. The highest BCUT2D eigenvalue weighted by Crippen LogP contribution is 2.27. The molecule has 7 nitrogen and oxygen atoms in total. The molecular formula is C28H33N5O2. The van der Waals surface area contributed by atoms with Crippen LogP contribution in [0.4, 0.5) is 5.69 Å². The van der Waals surface area contributed by atoms with Gasteiger partial charge in [0.15, 0.2) is 0 Å². The predicted molar refractivity (Wildman–Crippen MR) is 140 cm³/mol. The highest BCUT2D eigenvalue weighted by atomic mass is 16.3. The van der Waals surface area contributed by atoms with Crippen molar-refractivity contribution in [3.05, 3.63) is 70.5 Å². The Balaban J connectivity index is 1.21. The average Bonchev–Trinajstić information content (AvgIpc) is 3.25. The molecule has 1 saturated carbocycles. The number of fused-ring (bicyclic) bond motifs is 2. The van der Waals surface area contributed by atoms with E-state index in [2.05, 4.69) is 44.5 Å². The zero-order chi connectivity index (χ0) is 23.8. The van der Waals surface area contributed by atoms with Crippen molar-refractivity contribution in [2.75, 3.05) is 24.5 Å². The molecule has 7 heteroatoms. The van der Waals surface area contributed by atoms with Crippen LogP contribution in [0.3, 0.4) is 0 Å². The SMILES string of the molecule is O=c1c2cncc(N3CCC(O)CC3)c2ccn1Cc1ccc2cc(CNCC3CCC3)[nH]c2c1. The molecule has 1 saturated heterocycles. The van der Waals surface area contributed by atoms with Gasteiger partial charge in [0.1, 0.15) is 0 Å². The maximum atomic E-state index is 13.3. The van der Waals surface area contributed by atoms with E-state index >= 15 is 0 Å². The molecule has 2 fully saturated rings. The summed E-state index contributed by atoms with van der Waals surface area (Å²) < 4.78 is 1.76. The molecule has 0 bridgehead atoms. The number of piperidine rings is 1. The van der Waals surface area contributed by atoms with Gasteiger partial charge in [-0.25, -0.2) is 0 Å². The molecule has 0 atom stereocenters. The molecule has 0 amide bonds. The number of aliphatic hydroxyl groups is 1. The van der Waals surface area contributed by atoms with Gasteiger partial charge in [-0.3, -0.25) is 9.78 Å². The summed E-state index contributed by atoms with van der Waals surface area (Å²) in [6, 6.07) is 10.6. The van der Waals surface area contributed by atoms with E-state index < -0.39 is 0 Å². The molecule has 0 radical (unpaired) electrons. The molecule has 1 aromatic carbocycles. The van der Waals surface area contributed by atoms with Gasteiger partial charge in [0.25, 0.3) is 5.56 Å². The smallest absolute Gasteiger partial charge is 0.260 e. The van der Waals surface area contributed by atoms with Gasteiger partial charge in [-0.2, -0.15) is 0 Å². The van der Waals surface area contributed by atoms with Gasteiger partial charge in [0.05, 0.1) is 29.9 Å². The first-order valence-electron chi connectivity index (χ1n) is 12.9. The number of rotatable bonds is 7. The monoisotopic (exact) mass is 471 g/mol. The Hall–Kier alpha value is -3.16. The van der Waals surface area contributed by atoms with Crippen molar-refractivity contribution in [1.82, 2.24) is 19.9 Å². The van der Waals surface area contributed by atoms with Crippen molar-refractivity contribution in [3.63, 3.8) is 0 Å². The molecule has 0 spiro atoms. The number of nitrogens with one attached hydrogen (secondary N) is 2. The van der Waals surface area contributed by atoms with Crippen LogP contribution in [0.1, 0.15) is 43.4 Å². The molecule has 182 valence electrons. The molecule has 4 heterocycles. The van der Waals surface area contributed by atoms with Gasteiger partial charge in [0, 0.05) is 48.6 Å². The average molecular weight is 472 g/mol. The maximum Gasteiger partial charge on any atom is 0.260 e.